The van der Waals surface area contributed by atoms with Crippen molar-refractivity contribution in [2.24, 2.45) is 11.7 Å². The molecule has 1 saturated carbocycles. The van der Waals surface area contributed by atoms with Crippen LogP contribution in [0.5, 0.6) is 0 Å². The van der Waals surface area contributed by atoms with Crippen LogP contribution in [0.4, 0.5) is 4.79 Å². The number of aliphatic hydroxyl groups excluding tert-OH is 1. The zero-order chi connectivity index (χ0) is 13.1. The van der Waals surface area contributed by atoms with Crippen LogP contribution in [0.15, 0.2) is 0 Å². The lowest BCUT2D eigenvalue weighted by Gasteiger charge is -2.26. The van der Waals surface area contributed by atoms with Gasteiger partial charge in [-0.2, -0.15) is 0 Å². The largest absolute Gasteiger partial charge is 0.444 e. The second-order valence-electron chi connectivity index (χ2n) is 5.65. The van der Waals surface area contributed by atoms with Crippen LogP contribution in [0, 0.1) is 5.92 Å². The number of carbonyl (C=O) groups excluding carboxylic acids is 1. The van der Waals surface area contributed by atoms with Crippen molar-refractivity contribution in [3.63, 3.8) is 0 Å². The summed E-state index contributed by atoms with van der Waals surface area (Å²) >= 11 is 0. The van der Waals surface area contributed by atoms with Gasteiger partial charge in [0.25, 0.3) is 0 Å². The van der Waals surface area contributed by atoms with Gasteiger partial charge in [-0.05, 0) is 33.6 Å². The van der Waals surface area contributed by atoms with Crippen molar-refractivity contribution in [3.05, 3.63) is 0 Å². The van der Waals surface area contributed by atoms with E-state index in [4.69, 9.17) is 10.5 Å². The second-order valence-corrected chi connectivity index (χ2v) is 5.65. The van der Waals surface area contributed by atoms with Gasteiger partial charge < -0.3 is 20.9 Å². The van der Waals surface area contributed by atoms with Crippen molar-refractivity contribution in [1.29, 1.82) is 0 Å². The molecule has 0 aromatic rings. The third kappa shape index (κ3) is 4.52. The summed E-state index contributed by atoms with van der Waals surface area (Å²) in [6, 6.07) is -0.0246. The minimum Gasteiger partial charge on any atom is -0.444 e. The van der Waals surface area contributed by atoms with Crippen LogP contribution in [0.25, 0.3) is 0 Å². The number of aliphatic hydroxyl groups is 1. The Labute approximate surface area is 103 Å². The quantitative estimate of drug-likeness (QED) is 0.691. The van der Waals surface area contributed by atoms with E-state index in [1.54, 1.807) is 0 Å². The molecule has 1 fully saturated rings. The van der Waals surface area contributed by atoms with Gasteiger partial charge in [0.2, 0.25) is 0 Å². The van der Waals surface area contributed by atoms with Gasteiger partial charge in [0, 0.05) is 18.5 Å². The Hall–Kier alpha value is -0.810. The van der Waals surface area contributed by atoms with Gasteiger partial charge in [0.15, 0.2) is 0 Å². The lowest BCUT2D eigenvalue weighted by molar-refractivity contribution is 0.0445. The minimum absolute atomic E-state index is 0.0246. The molecule has 5 nitrogen and oxygen atoms in total. The van der Waals surface area contributed by atoms with Crippen LogP contribution >= 0.6 is 0 Å². The van der Waals surface area contributed by atoms with E-state index in [0.717, 1.165) is 19.3 Å². The number of ether oxygens (including phenoxy) is 1. The molecule has 5 heteroatoms. The molecule has 3 atom stereocenters. The molecule has 1 aliphatic rings. The third-order valence-electron chi connectivity index (χ3n) is 3.01. The molecule has 0 aliphatic heterocycles. The van der Waals surface area contributed by atoms with Gasteiger partial charge in [0.1, 0.15) is 5.60 Å². The van der Waals surface area contributed by atoms with Gasteiger partial charge in [0.05, 0.1) is 6.10 Å². The summed E-state index contributed by atoms with van der Waals surface area (Å²) in [6.45, 7) is 5.71. The molecule has 0 spiro atoms. The lowest BCUT2D eigenvalue weighted by Crippen LogP contribution is -2.45. The first-order valence-corrected chi connectivity index (χ1v) is 6.21. The number of carbonyl (C=O) groups is 1. The van der Waals surface area contributed by atoms with Crippen LogP contribution in [0.2, 0.25) is 0 Å². The smallest absolute Gasteiger partial charge is 0.407 e. The highest BCUT2D eigenvalue weighted by Crippen LogP contribution is 2.28. The van der Waals surface area contributed by atoms with Gasteiger partial charge in [-0.25, -0.2) is 4.79 Å². The number of rotatable bonds is 3. The molecule has 0 saturated heterocycles. The summed E-state index contributed by atoms with van der Waals surface area (Å²) in [7, 11) is 0. The molecule has 1 rings (SSSR count). The molecule has 100 valence electrons. The van der Waals surface area contributed by atoms with Crippen LogP contribution in [-0.2, 0) is 4.74 Å². The number of amides is 1. The summed E-state index contributed by atoms with van der Waals surface area (Å²) in [5, 5.41) is 12.6. The maximum absolute atomic E-state index is 11.6. The molecule has 1 amide bonds. The monoisotopic (exact) mass is 244 g/mol. The molecule has 4 N–H and O–H groups in total. The maximum Gasteiger partial charge on any atom is 0.407 e. The summed E-state index contributed by atoms with van der Waals surface area (Å²) in [4.78, 5) is 11.6. The normalized spacial score (nSPS) is 26.6. The average molecular weight is 244 g/mol. The van der Waals surface area contributed by atoms with E-state index < -0.39 is 17.8 Å². The number of hydrogen-bond acceptors (Lipinski definition) is 4. The SMILES string of the molecule is CC(C)(C)OC(=O)NC1CCCC1C(O)CN. The van der Waals surface area contributed by atoms with E-state index >= 15 is 0 Å². The van der Waals surface area contributed by atoms with E-state index in [1.807, 2.05) is 20.8 Å². The third-order valence-corrected chi connectivity index (χ3v) is 3.01. The standard InChI is InChI=1S/C12H24N2O3/c1-12(2,3)17-11(16)14-9-6-4-5-8(9)10(15)7-13/h8-10,15H,4-7,13H2,1-3H3,(H,14,16). The highest BCUT2D eigenvalue weighted by molar-refractivity contribution is 5.68. The van der Waals surface area contributed by atoms with E-state index in [0.29, 0.717) is 0 Å². The van der Waals surface area contributed by atoms with Gasteiger partial charge in [-0.3, -0.25) is 0 Å². The fourth-order valence-electron chi connectivity index (χ4n) is 2.26. The Morgan fingerprint density at radius 3 is 2.71 bits per heavy atom. The molecule has 17 heavy (non-hydrogen) atoms. The Bertz CT molecular complexity index is 263. The Kier molecular flexibility index (Phi) is 4.77. The Morgan fingerprint density at radius 2 is 2.18 bits per heavy atom. The molecule has 3 unspecified atom stereocenters. The second kappa shape index (κ2) is 5.69. The summed E-state index contributed by atoms with van der Waals surface area (Å²) in [6.07, 6.45) is 1.82. The van der Waals surface area contributed by atoms with Crippen molar-refractivity contribution in [1.82, 2.24) is 5.32 Å². The Morgan fingerprint density at radius 1 is 1.53 bits per heavy atom. The highest BCUT2D eigenvalue weighted by atomic mass is 16.6. The van der Waals surface area contributed by atoms with Crippen LogP contribution < -0.4 is 11.1 Å². The summed E-state index contributed by atoms with van der Waals surface area (Å²) in [5.41, 5.74) is 4.96. The molecule has 0 bridgehead atoms. The van der Waals surface area contributed by atoms with Crippen molar-refractivity contribution in [2.45, 2.75) is 57.8 Å². The predicted octanol–water partition coefficient (Wildman–Crippen LogP) is 0.999. The van der Waals surface area contributed by atoms with Crippen LogP contribution in [-0.4, -0.2) is 35.5 Å². The minimum atomic E-state index is -0.544. The average Bonchev–Trinajstić information content (AvgIpc) is 2.61. The van der Waals surface area contributed by atoms with Gasteiger partial charge >= 0.3 is 6.09 Å². The molecule has 0 aromatic carbocycles. The fourth-order valence-corrected chi connectivity index (χ4v) is 2.26. The van der Waals surface area contributed by atoms with Crippen molar-refractivity contribution in [2.75, 3.05) is 6.54 Å². The zero-order valence-electron chi connectivity index (χ0n) is 10.9. The lowest BCUT2D eigenvalue weighted by atomic mass is 9.97. The number of alkyl carbamates (subject to hydrolysis) is 1. The molecule has 0 heterocycles. The van der Waals surface area contributed by atoms with Gasteiger partial charge in [-0.1, -0.05) is 6.42 Å². The fraction of sp³-hybridized carbons (Fsp3) is 0.917. The van der Waals surface area contributed by atoms with Crippen molar-refractivity contribution >= 4 is 6.09 Å². The van der Waals surface area contributed by atoms with E-state index in [9.17, 15) is 9.90 Å². The van der Waals surface area contributed by atoms with Crippen molar-refractivity contribution < 1.29 is 14.6 Å². The van der Waals surface area contributed by atoms with Crippen molar-refractivity contribution in [3.8, 4) is 0 Å². The highest BCUT2D eigenvalue weighted by Gasteiger charge is 2.34. The molecular weight excluding hydrogens is 220 g/mol. The van der Waals surface area contributed by atoms with Crippen LogP contribution in [0.3, 0.4) is 0 Å². The molecule has 1 aliphatic carbocycles. The predicted molar refractivity (Wildman–Crippen MR) is 65.6 cm³/mol. The van der Waals surface area contributed by atoms with E-state index in [-0.39, 0.29) is 18.5 Å². The molecular formula is C12H24N2O3. The maximum atomic E-state index is 11.6. The first kappa shape index (κ1) is 14.3. The number of nitrogens with one attached hydrogen (secondary N) is 1. The first-order chi connectivity index (χ1) is 7.83. The number of hydrogen-bond donors (Lipinski definition) is 3. The van der Waals surface area contributed by atoms with Crippen LogP contribution in [0.1, 0.15) is 40.0 Å². The topological polar surface area (TPSA) is 84.6 Å². The number of nitrogens with two attached hydrogens (primary N) is 1. The summed E-state index contributed by atoms with van der Waals surface area (Å²) < 4.78 is 5.20. The van der Waals surface area contributed by atoms with E-state index in [2.05, 4.69) is 5.32 Å². The first-order valence-electron chi connectivity index (χ1n) is 6.21. The Balaban J connectivity index is 2.47. The summed E-state index contributed by atoms with van der Waals surface area (Å²) in [5.74, 6) is 0.0486. The zero-order valence-corrected chi connectivity index (χ0v) is 10.9. The van der Waals surface area contributed by atoms with Gasteiger partial charge in [-0.15, -0.1) is 0 Å². The molecule has 0 radical (unpaired) electrons. The van der Waals surface area contributed by atoms with E-state index in [1.165, 1.54) is 0 Å². The molecule has 0 aromatic heterocycles.